The summed E-state index contributed by atoms with van der Waals surface area (Å²) in [5, 5.41) is 6.04. The topological polar surface area (TPSA) is 87.2 Å². The fourth-order valence-electron chi connectivity index (χ4n) is 3.17. The van der Waals surface area contributed by atoms with Crippen molar-refractivity contribution >= 4 is 17.5 Å². The Morgan fingerprint density at radius 1 is 0.931 bits per heavy atom. The third kappa shape index (κ3) is 4.47. The molecule has 1 aliphatic rings. The normalized spacial score (nSPS) is 13.7. The van der Waals surface area contributed by atoms with Crippen LogP contribution >= 0.6 is 0 Å². The van der Waals surface area contributed by atoms with Crippen LogP contribution in [-0.4, -0.2) is 52.9 Å². The third-order valence-corrected chi connectivity index (χ3v) is 4.73. The van der Waals surface area contributed by atoms with Gasteiger partial charge in [-0.3, -0.25) is 14.6 Å². The summed E-state index contributed by atoms with van der Waals surface area (Å²) < 4.78 is 0. The quantitative estimate of drug-likeness (QED) is 0.718. The Kier molecular flexibility index (Phi) is 5.58. The van der Waals surface area contributed by atoms with Crippen LogP contribution in [0.15, 0.2) is 67.0 Å². The van der Waals surface area contributed by atoms with Crippen molar-refractivity contribution in [3.63, 3.8) is 0 Å². The number of benzene rings is 2. The van der Waals surface area contributed by atoms with Gasteiger partial charge in [-0.15, -0.1) is 0 Å². The molecule has 2 amide bonds. The highest BCUT2D eigenvalue weighted by Gasteiger charge is 2.18. The van der Waals surface area contributed by atoms with E-state index in [2.05, 4.69) is 20.6 Å². The SMILES string of the molecule is O=C(Nc1ccccc1)c1cncc(-c2ccc(C(=O)N3CCNCC3)cc2)n1. The summed E-state index contributed by atoms with van der Waals surface area (Å²) >= 11 is 0. The van der Waals surface area contributed by atoms with Gasteiger partial charge in [0.1, 0.15) is 5.69 Å². The zero-order chi connectivity index (χ0) is 20.1. The van der Waals surface area contributed by atoms with E-state index in [1.54, 1.807) is 18.3 Å². The van der Waals surface area contributed by atoms with Crippen molar-refractivity contribution in [1.82, 2.24) is 20.2 Å². The molecule has 0 aliphatic carbocycles. The first-order chi connectivity index (χ1) is 14.2. The molecule has 7 heteroatoms. The highest BCUT2D eigenvalue weighted by molar-refractivity contribution is 6.03. The number of hydrogen-bond acceptors (Lipinski definition) is 5. The summed E-state index contributed by atoms with van der Waals surface area (Å²) in [6, 6.07) is 16.4. The Bertz CT molecular complexity index is 999. The van der Waals surface area contributed by atoms with Gasteiger partial charge in [0, 0.05) is 43.0 Å². The third-order valence-electron chi connectivity index (χ3n) is 4.73. The van der Waals surface area contributed by atoms with Crippen LogP contribution in [0.3, 0.4) is 0 Å². The average molecular weight is 387 g/mol. The lowest BCUT2D eigenvalue weighted by atomic mass is 10.1. The van der Waals surface area contributed by atoms with Gasteiger partial charge in [0.05, 0.1) is 18.1 Å². The number of para-hydroxylation sites is 1. The number of hydrogen-bond donors (Lipinski definition) is 2. The minimum atomic E-state index is -0.323. The van der Waals surface area contributed by atoms with Crippen molar-refractivity contribution in [3.05, 3.63) is 78.2 Å². The molecule has 2 N–H and O–H groups in total. The molecule has 0 radical (unpaired) electrons. The van der Waals surface area contributed by atoms with Crippen LogP contribution in [0.25, 0.3) is 11.3 Å². The second-order valence-electron chi connectivity index (χ2n) is 6.73. The number of carbonyl (C=O) groups excluding carboxylic acids is 2. The first-order valence-electron chi connectivity index (χ1n) is 9.49. The molecule has 1 saturated heterocycles. The van der Waals surface area contributed by atoms with Crippen LogP contribution in [0, 0.1) is 0 Å². The van der Waals surface area contributed by atoms with Gasteiger partial charge in [-0.25, -0.2) is 4.98 Å². The molecule has 7 nitrogen and oxygen atoms in total. The maximum atomic E-state index is 12.6. The molecule has 0 saturated carbocycles. The minimum absolute atomic E-state index is 0.0279. The molecule has 3 aromatic rings. The van der Waals surface area contributed by atoms with E-state index in [0.29, 0.717) is 30.0 Å². The van der Waals surface area contributed by atoms with Crippen molar-refractivity contribution in [2.45, 2.75) is 0 Å². The highest BCUT2D eigenvalue weighted by atomic mass is 16.2. The fourth-order valence-corrected chi connectivity index (χ4v) is 3.17. The van der Waals surface area contributed by atoms with Crippen molar-refractivity contribution in [2.24, 2.45) is 0 Å². The van der Waals surface area contributed by atoms with Crippen molar-refractivity contribution in [2.75, 3.05) is 31.5 Å². The largest absolute Gasteiger partial charge is 0.336 e. The number of aromatic nitrogens is 2. The van der Waals surface area contributed by atoms with E-state index in [1.807, 2.05) is 47.4 Å². The van der Waals surface area contributed by atoms with Gasteiger partial charge in [-0.1, -0.05) is 30.3 Å². The van der Waals surface area contributed by atoms with Crippen LogP contribution in [0.1, 0.15) is 20.8 Å². The number of carbonyl (C=O) groups is 2. The second-order valence-corrected chi connectivity index (χ2v) is 6.73. The molecule has 1 aliphatic heterocycles. The fraction of sp³-hybridized carbons (Fsp3) is 0.182. The summed E-state index contributed by atoms with van der Waals surface area (Å²) in [4.78, 5) is 35.5. The highest BCUT2D eigenvalue weighted by Crippen LogP contribution is 2.18. The van der Waals surface area contributed by atoms with E-state index in [9.17, 15) is 9.59 Å². The predicted molar refractivity (Wildman–Crippen MR) is 111 cm³/mol. The number of anilines is 1. The maximum Gasteiger partial charge on any atom is 0.275 e. The smallest absolute Gasteiger partial charge is 0.275 e. The Balaban J connectivity index is 1.49. The average Bonchev–Trinajstić information content (AvgIpc) is 2.80. The Morgan fingerprint density at radius 3 is 2.38 bits per heavy atom. The zero-order valence-electron chi connectivity index (χ0n) is 15.8. The molecule has 2 aromatic carbocycles. The van der Waals surface area contributed by atoms with Crippen molar-refractivity contribution in [1.29, 1.82) is 0 Å². The summed E-state index contributed by atoms with van der Waals surface area (Å²) in [6.07, 6.45) is 3.04. The lowest BCUT2D eigenvalue weighted by Gasteiger charge is -2.27. The standard InChI is InChI=1S/C22H21N5O2/c28-21(25-18-4-2-1-3-5-18)20-15-24-14-19(26-20)16-6-8-17(9-7-16)22(29)27-12-10-23-11-13-27/h1-9,14-15,23H,10-13H2,(H,25,28). The molecule has 2 heterocycles. The minimum Gasteiger partial charge on any atom is -0.336 e. The first kappa shape index (κ1) is 18.8. The summed E-state index contributed by atoms with van der Waals surface area (Å²) in [5.41, 5.74) is 2.94. The van der Waals surface area contributed by atoms with Gasteiger partial charge in [-0.05, 0) is 24.3 Å². The number of piperazine rings is 1. The molecule has 1 aromatic heterocycles. The zero-order valence-corrected chi connectivity index (χ0v) is 15.8. The van der Waals surface area contributed by atoms with Crippen molar-refractivity contribution in [3.8, 4) is 11.3 Å². The summed E-state index contributed by atoms with van der Waals surface area (Å²) in [7, 11) is 0. The van der Waals surface area contributed by atoms with E-state index in [4.69, 9.17) is 0 Å². The van der Waals surface area contributed by atoms with Gasteiger partial charge in [-0.2, -0.15) is 0 Å². The molecular formula is C22H21N5O2. The molecule has 0 atom stereocenters. The number of nitrogens with zero attached hydrogens (tertiary/aromatic N) is 3. The lowest BCUT2D eigenvalue weighted by molar-refractivity contribution is 0.0735. The molecule has 1 fully saturated rings. The van der Waals surface area contributed by atoms with E-state index in [0.717, 1.165) is 18.7 Å². The van der Waals surface area contributed by atoms with E-state index in [1.165, 1.54) is 6.20 Å². The van der Waals surface area contributed by atoms with Crippen LogP contribution < -0.4 is 10.6 Å². The molecule has 146 valence electrons. The van der Waals surface area contributed by atoms with Gasteiger partial charge in [0.25, 0.3) is 11.8 Å². The van der Waals surface area contributed by atoms with E-state index >= 15 is 0 Å². The Morgan fingerprint density at radius 2 is 1.66 bits per heavy atom. The number of rotatable bonds is 4. The summed E-state index contributed by atoms with van der Waals surface area (Å²) in [5.74, 6) is -0.295. The van der Waals surface area contributed by atoms with Crippen LogP contribution in [-0.2, 0) is 0 Å². The molecule has 4 rings (SSSR count). The monoisotopic (exact) mass is 387 g/mol. The summed E-state index contributed by atoms with van der Waals surface area (Å²) in [6.45, 7) is 3.06. The molecule has 0 unspecified atom stereocenters. The van der Waals surface area contributed by atoms with Gasteiger partial charge >= 0.3 is 0 Å². The van der Waals surface area contributed by atoms with Gasteiger partial charge in [0.2, 0.25) is 0 Å². The Hall–Kier alpha value is -3.58. The molecular weight excluding hydrogens is 366 g/mol. The molecule has 0 bridgehead atoms. The van der Waals surface area contributed by atoms with Crippen molar-refractivity contribution < 1.29 is 9.59 Å². The van der Waals surface area contributed by atoms with Gasteiger partial charge in [0.15, 0.2) is 0 Å². The Labute approximate surface area is 168 Å². The lowest BCUT2D eigenvalue weighted by Crippen LogP contribution is -2.46. The maximum absolute atomic E-state index is 12.6. The van der Waals surface area contributed by atoms with Crippen LogP contribution in [0.4, 0.5) is 5.69 Å². The van der Waals surface area contributed by atoms with Crippen LogP contribution in [0.2, 0.25) is 0 Å². The second kappa shape index (κ2) is 8.62. The van der Waals surface area contributed by atoms with Gasteiger partial charge < -0.3 is 15.5 Å². The van der Waals surface area contributed by atoms with E-state index in [-0.39, 0.29) is 17.5 Å². The van der Waals surface area contributed by atoms with Crippen LogP contribution in [0.5, 0.6) is 0 Å². The molecule has 0 spiro atoms. The predicted octanol–water partition coefficient (Wildman–Crippen LogP) is 2.44. The van der Waals surface area contributed by atoms with E-state index < -0.39 is 0 Å². The first-order valence-corrected chi connectivity index (χ1v) is 9.49. The number of nitrogens with one attached hydrogen (secondary N) is 2. The number of amides is 2. The molecule has 29 heavy (non-hydrogen) atoms.